The minimum atomic E-state index is -0.182. The van der Waals surface area contributed by atoms with Gasteiger partial charge in [0, 0.05) is 55.1 Å². The Morgan fingerprint density at radius 1 is 1.11 bits per heavy atom. The zero-order chi connectivity index (χ0) is 19.8. The summed E-state index contributed by atoms with van der Waals surface area (Å²) in [5, 5.41) is 2.78. The number of hydrogen-bond donors (Lipinski definition) is 1. The van der Waals surface area contributed by atoms with Crippen LogP contribution in [0.4, 0.5) is 0 Å². The molecule has 6 nitrogen and oxygen atoms in total. The van der Waals surface area contributed by atoms with Gasteiger partial charge in [-0.05, 0) is 51.0 Å². The maximum absolute atomic E-state index is 12.4. The van der Waals surface area contributed by atoms with Crippen LogP contribution in [0.15, 0.2) is 28.7 Å². The van der Waals surface area contributed by atoms with E-state index < -0.39 is 0 Å². The molecule has 2 rings (SSSR count). The molecule has 1 N–H and O–H groups in total. The summed E-state index contributed by atoms with van der Waals surface area (Å²) in [7, 11) is 0. The number of carbonyl (C=O) groups excluding carboxylic acids is 3. The molecule has 27 heavy (non-hydrogen) atoms. The molecule has 7 heteroatoms. The van der Waals surface area contributed by atoms with Crippen LogP contribution >= 0.6 is 15.9 Å². The molecule has 0 aromatic heterocycles. The van der Waals surface area contributed by atoms with Gasteiger partial charge in [0.2, 0.25) is 11.8 Å². The molecule has 1 aliphatic rings. The molecule has 3 amide bonds. The summed E-state index contributed by atoms with van der Waals surface area (Å²) in [6.45, 7) is 6.96. The molecule has 0 aliphatic carbocycles. The Morgan fingerprint density at radius 2 is 1.70 bits per heavy atom. The molecule has 1 aromatic rings. The van der Waals surface area contributed by atoms with Gasteiger partial charge in [0.25, 0.3) is 5.91 Å². The first kappa shape index (κ1) is 21.4. The van der Waals surface area contributed by atoms with Crippen molar-refractivity contribution in [3.05, 3.63) is 34.3 Å². The van der Waals surface area contributed by atoms with Gasteiger partial charge in [0.15, 0.2) is 0 Å². The predicted octanol–water partition coefficient (Wildman–Crippen LogP) is 2.68. The van der Waals surface area contributed by atoms with Crippen molar-refractivity contribution in [1.82, 2.24) is 15.1 Å². The van der Waals surface area contributed by atoms with Crippen molar-refractivity contribution in [2.45, 2.75) is 33.1 Å². The lowest BCUT2D eigenvalue weighted by atomic mass is 9.95. The Morgan fingerprint density at radius 3 is 2.26 bits per heavy atom. The Labute approximate surface area is 169 Å². The van der Waals surface area contributed by atoms with E-state index in [2.05, 4.69) is 21.2 Å². The smallest absolute Gasteiger partial charge is 0.251 e. The number of carbonyl (C=O) groups is 3. The highest BCUT2D eigenvalue weighted by Gasteiger charge is 2.29. The Bertz CT molecular complexity index is 651. The summed E-state index contributed by atoms with van der Waals surface area (Å²) >= 11 is 3.33. The van der Waals surface area contributed by atoms with Gasteiger partial charge >= 0.3 is 0 Å². The second kappa shape index (κ2) is 10.4. The first-order valence-corrected chi connectivity index (χ1v) is 10.4. The molecule has 0 radical (unpaired) electrons. The van der Waals surface area contributed by atoms with E-state index in [1.807, 2.05) is 30.9 Å². The Hall–Kier alpha value is -1.89. The number of rotatable bonds is 7. The van der Waals surface area contributed by atoms with E-state index in [4.69, 9.17) is 0 Å². The summed E-state index contributed by atoms with van der Waals surface area (Å²) in [5.41, 5.74) is 0.571. The van der Waals surface area contributed by atoms with Crippen molar-refractivity contribution in [3.8, 4) is 0 Å². The third-order valence-electron chi connectivity index (χ3n) is 5.00. The lowest BCUT2D eigenvalue weighted by molar-refractivity contribution is -0.140. The normalized spacial score (nSPS) is 14.7. The Kier molecular flexibility index (Phi) is 8.28. The van der Waals surface area contributed by atoms with Crippen LogP contribution in [-0.4, -0.2) is 60.2 Å². The van der Waals surface area contributed by atoms with E-state index in [9.17, 15) is 14.4 Å². The molecule has 1 saturated heterocycles. The number of nitrogens with zero attached hydrogens (tertiary/aromatic N) is 2. The van der Waals surface area contributed by atoms with Gasteiger partial charge < -0.3 is 15.1 Å². The summed E-state index contributed by atoms with van der Waals surface area (Å²) in [6, 6.07) is 7.09. The fourth-order valence-electron chi connectivity index (χ4n) is 3.31. The first-order chi connectivity index (χ1) is 13.0. The lowest BCUT2D eigenvalue weighted by Crippen LogP contribution is -2.45. The van der Waals surface area contributed by atoms with Gasteiger partial charge in [-0.2, -0.15) is 0 Å². The first-order valence-electron chi connectivity index (χ1n) is 9.56. The van der Waals surface area contributed by atoms with Gasteiger partial charge in [-0.15, -0.1) is 0 Å². The molecule has 1 heterocycles. The van der Waals surface area contributed by atoms with Gasteiger partial charge in [-0.3, -0.25) is 14.4 Å². The molecular formula is C20H28BrN3O3. The number of benzene rings is 1. The maximum atomic E-state index is 12.4. The third kappa shape index (κ3) is 6.06. The van der Waals surface area contributed by atoms with Crippen molar-refractivity contribution < 1.29 is 14.4 Å². The number of nitrogens with one attached hydrogen (secondary N) is 1. The number of halogens is 1. The SMILES string of the molecule is CCN(CC)C(=O)C1CCN(C(=O)CCNC(=O)c2ccc(Br)cc2)CC1. The van der Waals surface area contributed by atoms with E-state index in [0.29, 0.717) is 38.0 Å². The van der Waals surface area contributed by atoms with Crippen LogP contribution in [0.25, 0.3) is 0 Å². The molecule has 0 atom stereocenters. The standard InChI is InChI=1S/C20H28BrN3O3/c1-3-23(4-2)20(27)16-10-13-24(14-11-16)18(25)9-12-22-19(26)15-5-7-17(21)8-6-15/h5-8,16H,3-4,9-14H2,1-2H3,(H,22,26). The highest BCUT2D eigenvalue weighted by molar-refractivity contribution is 9.10. The van der Waals surface area contributed by atoms with Gasteiger partial charge in [0.05, 0.1) is 0 Å². The largest absolute Gasteiger partial charge is 0.352 e. The topological polar surface area (TPSA) is 69.7 Å². The third-order valence-corrected chi connectivity index (χ3v) is 5.53. The number of piperidine rings is 1. The lowest BCUT2D eigenvalue weighted by Gasteiger charge is -2.33. The fraction of sp³-hybridized carbons (Fsp3) is 0.550. The average molecular weight is 438 g/mol. The number of hydrogen-bond acceptors (Lipinski definition) is 3. The zero-order valence-electron chi connectivity index (χ0n) is 16.0. The maximum Gasteiger partial charge on any atom is 0.251 e. The average Bonchev–Trinajstić information content (AvgIpc) is 2.69. The van der Waals surface area contributed by atoms with Crippen molar-refractivity contribution >= 4 is 33.7 Å². The molecule has 0 bridgehead atoms. The van der Waals surface area contributed by atoms with Crippen LogP contribution in [0.1, 0.15) is 43.5 Å². The molecule has 1 aliphatic heterocycles. The summed E-state index contributed by atoms with van der Waals surface area (Å²) < 4.78 is 0.914. The Balaban J connectivity index is 1.72. The van der Waals surface area contributed by atoms with Crippen LogP contribution in [-0.2, 0) is 9.59 Å². The van der Waals surface area contributed by atoms with Gasteiger partial charge in [-0.25, -0.2) is 0 Å². The van der Waals surface area contributed by atoms with Gasteiger partial charge in [-0.1, -0.05) is 15.9 Å². The molecule has 1 fully saturated rings. The van der Waals surface area contributed by atoms with Crippen molar-refractivity contribution in [3.63, 3.8) is 0 Å². The van der Waals surface area contributed by atoms with Crippen LogP contribution in [0, 0.1) is 5.92 Å². The quantitative estimate of drug-likeness (QED) is 0.712. The van der Waals surface area contributed by atoms with Crippen molar-refractivity contribution in [2.24, 2.45) is 5.92 Å². The molecule has 0 spiro atoms. The summed E-state index contributed by atoms with van der Waals surface area (Å²) in [6.07, 6.45) is 1.70. The van der Waals surface area contributed by atoms with E-state index in [1.165, 1.54) is 0 Å². The van der Waals surface area contributed by atoms with Crippen LogP contribution in [0.3, 0.4) is 0 Å². The van der Waals surface area contributed by atoms with Crippen molar-refractivity contribution in [1.29, 1.82) is 0 Å². The molecular weight excluding hydrogens is 410 g/mol. The highest BCUT2D eigenvalue weighted by atomic mass is 79.9. The van der Waals surface area contributed by atoms with E-state index in [0.717, 1.165) is 17.6 Å². The summed E-state index contributed by atoms with van der Waals surface area (Å²) in [4.78, 5) is 40.5. The molecule has 0 unspecified atom stereocenters. The second-order valence-electron chi connectivity index (χ2n) is 6.68. The van der Waals surface area contributed by atoms with Gasteiger partial charge in [0.1, 0.15) is 0 Å². The van der Waals surface area contributed by atoms with Crippen molar-refractivity contribution in [2.75, 3.05) is 32.7 Å². The highest BCUT2D eigenvalue weighted by Crippen LogP contribution is 2.20. The minimum absolute atomic E-state index is 0.0195. The molecule has 148 valence electrons. The predicted molar refractivity (Wildman–Crippen MR) is 108 cm³/mol. The minimum Gasteiger partial charge on any atom is -0.352 e. The van der Waals surface area contributed by atoms with E-state index >= 15 is 0 Å². The molecule has 0 saturated carbocycles. The fourth-order valence-corrected chi connectivity index (χ4v) is 3.58. The monoisotopic (exact) mass is 437 g/mol. The van der Waals surface area contributed by atoms with E-state index in [1.54, 1.807) is 17.0 Å². The van der Waals surface area contributed by atoms with Crippen LogP contribution < -0.4 is 5.32 Å². The second-order valence-corrected chi connectivity index (χ2v) is 7.59. The summed E-state index contributed by atoms with van der Waals surface area (Å²) in [5.74, 6) is 0.0681. The number of likely N-dealkylation sites (tertiary alicyclic amines) is 1. The zero-order valence-corrected chi connectivity index (χ0v) is 17.6. The van der Waals surface area contributed by atoms with Crippen LogP contribution in [0.5, 0.6) is 0 Å². The number of amides is 3. The van der Waals surface area contributed by atoms with Crippen LogP contribution in [0.2, 0.25) is 0 Å². The van der Waals surface area contributed by atoms with E-state index in [-0.39, 0.29) is 30.1 Å². The molecule has 1 aromatic carbocycles.